The van der Waals surface area contributed by atoms with E-state index >= 15 is 0 Å². The highest BCUT2D eigenvalue weighted by atomic mass is 19.1. The van der Waals surface area contributed by atoms with Gasteiger partial charge in [-0.1, -0.05) is 0 Å². The molecule has 1 saturated carbocycles. The van der Waals surface area contributed by atoms with Crippen molar-refractivity contribution in [1.82, 2.24) is 4.90 Å². The molecule has 1 aliphatic heterocycles. The summed E-state index contributed by atoms with van der Waals surface area (Å²) >= 11 is 0. The second-order valence-electron chi connectivity index (χ2n) is 7.03. The maximum atomic E-state index is 13.0. The van der Waals surface area contributed by atoms with Crippen molar-refractivity contribution in [3.05, 3.63) is 30.1 Å². The highest BCUT2D eigenvalue weighted by Gasteiger charge is 2.38. The van der Waals surface area contributed by atoms with E-state index in [4.69, 9.17) is 9.47 Å². The number of benzene rings is 1. The fourth-order valence-corrected chi connectivity index (χ4v) is 4.02. The molecular weight excluding hydrogens is 309 g/mol. The van der Waals surface area contributed by atoms with Gasteiger partial charge in [-0.05, 0) is 75.4 Å². The second-order valence-corrected chi connectivity index (χ2v) is 7.03. The molecule has 0 bridgehead atoms. The molecule has 4 nitrogen and oxygen atoms in total. The van der Waals surface area contributed by atoms with Gasteiger partial charge in [-0.3, -0.25) is 4.90 Å². The molecule has 2 aliphatic rings. The lowest BCUT2D eigenvalue weighted by Gasteiger charge is -2.44. The van der Waals surface area contributed by atoms with Crippen LogP contribution in [0.3, 0.4) is 0 Å². The molecule has 3 rings (SSSR count). The standard InChI is InChI=1S/C19H28FNO3/c1-23-13-14-9-11-21(12-10-14)17-3-2-4-18(19(17)22)24-16-7-5-15(20)6-8-16/h5-8,14,17-19,22H,2-4,9-13H2,1H3/t17-,18+,19+/m0/s1. The van der Waals surface area contributed by atoms with Crippen molar-refractivity contribution in [2.45, 2.75) is 50.4 Å². The Bertz CT molecular complexity index is 502. The molecule has 0 aromatic heterocycles. The molecule has 1 N–H and O–H groups in total. The first-order valence-corrected chi connectivity index (χ1v) is 9.00. The normalized spacial score (nSPS) is 29.5. The van der Waals surface area contributed by atoms with Gasteiger partial charge in [0.2, 0.25) is 0 Å². The van der Waals surface area contributed by atoms with Crippen molar-refractivity contribution in [2.75, 3.05) is 26.8 Å². The summed E-state index contributed by atoms with van der Waals surface area (Å²) in [5, 5.41) is 10.8. The average molecular weight is 337 g/mol. The summed E-state index contributed by atoms with van der Waals surface area (Å²) in [4.78, 5) is 2.41. The lowest BCUT2D eigenvalue weighted by molar-refractivity contribution is -0.0626. The van der Waals surface area contributed by atoms with Gasteiger partial charge >= 0.3 is 0 Å². The molecule has 24 heavy (non-hydrogen) atoms. The molecule has 3 atom stereocenters. The fourth-order valence-electron chi connectivity index (χ4n) is 4.02. The molecule has 1 heterocycles. The number of hydrogen-bond donors (Lipinski definition) is 1. The van der Waals surface area contributed by atoms with E-state index in [2.05, 4.69) is 4.90 Å². The van der Waals surface area contributed by atoms with Crippen LogP contribution in [0.1, 0.15) is 32.1 Å². The number of aliphatic hydroxyl groups is 1. The first kappa shape index (κ1) is 17.6. The van der Waals surface area contributed by atoms with Crippen LogP contribution >= 0.6 is 0 Å². The van der Waals surface area contributed by atoms with Crippen LogP contribution in [-0.4, -0.2) is 55.1 Å². The van der Waals surface area contributed by atoms with Crippen molar-refractivity contribution >= 4 is 0 Å². The maximum absolute atomic E-state index is 13.0. The molecule has 5 heteroatoms. The Balaban J connectivity index is 1.56. The minimum Gasteiger partial charge on any atom is -0.488 e. The third-order valence-electron chi connectivity index (χ3n) is 5.39. The number of nitrogens with zero attached hydrogens (tertiary/aromatic N) is 1. The molecule has 0 spiro atoms. The summed E-state index contributed by atoms with van der Waals surface area (Å²) < 4.78 is 24.2. The minimum absolute atomic E-state index is 0.160. The highest BCUT2D eigenvalue weighted by Crippen LogP contribution is 2.30. The zero-order valence-corrected chi connectivity index (χ0v) is 14.4. The number of methoxy groups -OCH3 is 1. The third kappa shape index (κ3) is 4.26. The average Bonchev–Trinajstić information content (AvgIpc) is 2.60. The molecule has 134 valence electrons. The minimum atomic E-state index is -0.497. The summed E-state index contributed by atoms with van der Waals surface area (Å²) in [6.07, 6.45) is 4.44. The number of aliphatic hydroxyl groups excluding tert-OH is 1. The van der Waals surface area contributed by atoms with Gasteiger partial charge in [-0.2, -0.15) is 0 Å². The van der Waals surface area contributed by atoms with E-state index in [-0.39, 0.29) is 18.0 Å². The molecule has 0 amide bonds. The van der Waals surface area contributed by atoms with E-state index in [9.17, 15) is 9.50 Å². The van der Waals surface area contributed by atoms with E-state index in [1.54, 1.807) is 19.2 Å². The van der Waals surface area contributed by atoms with Crippen molar-refractivity contribution in [2.24, 2.45) is 5.92 Å². The number of ether oxygens (including phenoxy) is 2. The lowest BCUT2D eigenvalue weighted by atomic mass is 9.86. The van der Waals surface area contributed by atoms with Crippen LogP contribution in [0.2, 0.25) is 0 Å². The SMILES string of the molecule is COCC1CCN([C@H]2CCC[C@@H](Oc3ccc(F)cc3)[C@@H]2O)CC1. The van der Waals surface area contributed by atoms with Gasteiger partial charge in [-0.25, -0.2) is 4.39 Å². The van der Waals surface area contributed by atoms with Gasteiger partial charge in [0, 0.05) is 19.8 Å². The number of hydrogen-bond acceptors (Lipinski definition) is 4. The Morgan fingerprint density at radius 3 is 2.50 bits per heavy atom. The van der Waals surface area contributed by atoms with Crippen LogP contribution in [0, 0.1) is 11.7 Å². The molecule has 1 aromatic rings. The van der Waals surface area contributed by atoms with Gasteiger partial charge in [0.1, 0.15) is 23.8 Å². The van der Waals surface area contributed by atoms with Crippen molar-refractivity contribution in [3.63, 3.8) is 0 Å². The molecule has 2 fully saturated rings. The number of likely N-dealkylation sites (tertiary alicyclic amines) is 1. The Labute approximate surface area is 143 Å². The predicted octanol–water partition coefficient (Wildman–Crippen LogP) is 2.84. The monoisotopic (exact) mass is 337 g/mol. The molecule has 0 radical (unpaired) electrons. The van der Waals surface area contributed by atoms with Crippen LogP contribution in [0.5, 0.6) is 5.75 Å². The van der Waals surface area contributed by atoms with Gasteiger partial charge in [-0.15, -0.1) is 0 Å². The molecule has 0 unspecified atom stereocenters. The van der Waals surface area contributed by atoms with Crippen LogP contribution in [-0.2, 0) is 4.74 Å². The summed E-state index contributed by atoms with van der Waals surface area (Å²) in [5.41, 5.74) is 0. The molecule has 1 aromatic carbocycles. The number of piperidine rings is 1. The molecular formula is C19H28FNO3. The zero-order chi connectivity index (χ0) is 16.9. The second kappa shape index (κ2) is 8.28. The first-order valence-electron chi connectivity index (χ1n) is 9.00. The van der Waals surface area contributed by atoms with Crippen LogP contribution in [0.15, 0.2) is 24.3 Å². The van der Waals surface area contributed by atoms with E-state index in [1.807, 2.05) is 0 Å². The van der Waals surface area contributed by atoms with Crippen LogP contribution in [0.25, 0.3) is 0 Å². The smallest absolute Gasteiger partial charge is 0.126 e. The molecule has 1 aliphatic carbocycles. The fraction of sp³-hybridized carbons (Fsp3) is 0.684. The number of halogens is 1. The Morgan fingerprint density at radius 2 is 1.83 bits per heavy atom. The van der Waals surface area contributed by atoms with Crippen LogP contribution in [0.4, 0.5) is 4.39 Å². The summed E-state index contributed by atoms with van der Waals surface area (Å²) in [5.74, 6) is 0.987. The summed E-state index contributed by atoms with van der Waals surface area (Å²) in [6.45, 7) is 2.86. The van der Waals surface area contributed by atoms with Gasteiger partial charge in [0.05, 0.1) is 0 Å². The zero-order valence-electron chi connectivity index (χ0n) is 14.4. The van der Waals surface area contributed by atoms with E-state index in [0.29, 0.717) is 11.7 Å². The molecule has 1 saturated heterocycles. The Hall–Kier alpha value is -1.17. The maximum Gasteiger partial charge on any atom is 0.126 e. The van der Waals surface area contributed by atoms with Gasteiger partial charge < -0.3 is 14.6 Å². The van der Waals surface area contributed by atoms with Crippen molar-refractivity contribution in [3.8, 4) is 5.75 Å². The summed E-state index contributed by atoms with van der Waals surface area (Å²) in [7, 11) is 1.76. The van der Waals surface area contributed by atoms with E-state index in [1.165, 1.54) is 12.1 Å². The topological polar surface area (TPSA) is 41.9 Å². The van der Waals surface area contributed by atoms with Gasteiger partial charge in [0.25, 0.3) is 0 Å². The van der Waals surface area contributed by atoms with E-state index < -0.39 is 6.10 Å². The highest BCUT2D eigenvalue weighted by molar-refractivity contribution is 5.22. The van der Waals surface area contributed by atoms with Crippen molar-refractivity contribution < 1.29 is 19.0 Å². The van der Waals surface area contributed by atoms with Gasteiger partial charge in [0.15, 0.2) is 0 Å². The van der Waals surface area contributed by atoms with Crippen molar-refractivity contribution in [1.29, 1.82) is 0 Å². The van der Waals surface area contributed by atoms with Crippen LogP contribution < -0.4 is 4.74 Å². The third-order valence-corrected chi connectivity index (χ3v) is 5.39. The summed E-state index contributed by atoms with van der Waals surface area (Å²) in [6, 6.07) is 6.20. The number of rotatable bonds is 5. The Morgan fingerprint density at radius 1 is 1.12 bits per heavy atom. The lowest BCUT2D eigenvalue weighted by Crippen LogP contribution is -2.54. The predicted molar refractivity (Wildman–Crippen MR) is 90.6 cm³/mol. The quantitative estimate of drug-likeness (QED) is 0.897. The first-order chi connectivity index (χ1) is 11.7. The largest absolute Gasteiger partial charge is 0.488 e. The van der Waals surface area contributed by atoms with E-state index in [0.717, 1.165) is 51.8 Å². The Kier molecular flexibility index (Phi) is 6.09.